The summed E-state index contributed by atoms with van der Waals surface area (Å²) in [6, 6.07) is 23.2. The second-order valence-electron chi connectivity index (χ2n) is 5.95. The quantitative estimate of drug-likeness (QED) is 0.580. The summed E-state index contributed by atoms with van der Waals surface area (Å²) in [6.07, 6.45) is 0.0793. The number of esters is 1. The fourth-order valence-electron chi connectivity index (χ4n) is 2.39. The van der Waals surface area contributed by atoms with E-state index in [2.05, 4.69) is 5.32 Å². The van der Waals surface area contributed by atoms with Gasteiger partial charge in [0.05, 0.1) is 6.42 Å². The van der Waals surface area contributed by atoms with Crippen LogP contribution in [-0.4, -0.2) is 18.5 Å². The number of hydrogen-bond acceptors (Lipinski definition) is 4. The predicted molar refractivity (Wildman–Crippen MR) is 108 cm³/mol. The van der Waals surface area contributed by atoms with E-state index in [1.807, 2.05) is 30.3 Å². The van der Waals surface area contributed by atoms with Gasteiger partial charge >= 0.3 is 5.97 Å². The lowest BCUT2D eigenvalue weighted by atomic mass is 10.1. The van der Waals surface area contributed by atoms with Gasteiger partial charge in [0.2, 0.25) is 0 Å². The Morgan fingerprint density at radius 3 is 2.14 bits per heavy atom. The maximum Gasteiger partial charge on any atom is 0.310 e. The lowest BCUT2D eigenvalue weighted by Crippen LogP contribution is -2.21. The van der Waals surface area contributed by atoms with Gasteiger partial charge in [-0.25, -0.2) is 0 Å². The Bertz CT molecular complexity index is 925. The van der Waals surface area contributed by atoms with Crippen LogP contribution < -0.4 is 10.1 Å². The number of halogens is 1. The summed E-state index contributed by atoms with van der Waals surface area (Å²) in [4.78, 5) is 23.8. The maximum atomic E-state index is 12.0. The molecule has 0 unspecified atom stereocenters. The maximum absolute atomic E-state index is 12.0. The number of nitrogens with one attached hydrogen (secondary N) is 1. The summed E-state index contributed by atoms with van der Waals surface area (Å²) < 4.78 is 10.7. The van der Waals surface area contributed by atoms with Crippen LogP contribution in [0.2, 0.25) is 5.02 Å². The SMILES string of the molecule is O=C(COC(=O)Cc1ccc(Cl)cc1)Nc1ccc(Oc2ccccc2)cc1. The molecule has 3 aromatic rings. The third kappa shape index (κ3) is 6.14. The summed E-state index contributed by atoms with van der Waals surface area (Å²) in [7, 11) is 0. The van der Waals surface area contributed by atoms with Gasteiger partial charge < -0.3 is 14.8 Å². The van der Waals surface area contributed by atoms with Crippen molar-refractivity contribution >= 4 is 29.2 Å². The number of carbonyl (C=O) groups excluding carboxylic acids is 2. The van der Waals surface area contributed by atoms with Crippen molar-refractivity contribution in [1.82, 2.24) is 0 Å². The zero-order chi connectivity index (χ0) is 19.8. The van der Waals surface area contributed by atoms with Gasteiger partial charge in [0.25, 0.3) is 5.91 Å². The van der Waals surface area contributed by atoms with Crippen molar-refractivity contribution in [3.8, 4) is 11.5 Å². The first-order valence-corrected chi connectivity index (χ1v) is 8.99. The van der Waals surface area contributed by atoms with Gasteiger partial charge in [-0.1, -0.05) is 41.9 Å². The first-order valence-electron chi connectivity index (χ1n) is 8.61. The number of benzene rings is 3. The van der Waals surface area contributed by atoms with Crippen molar-refractivity contribution in [2.45, 2.75) is 6.42 Å². The summed E-state index contributed by atoms with van der Waals surface area (Å²) in [5, 5.41) is 3.26. The molecule has 3 rings (SSSR count). The average molecular weight is 396 g/mol. The van der Waals surface area contributed by atoms with E-state index in [0.29, 0.717) is 16.5 Å². The fourth-order valence-corrected chi connectivity index (χ4v) is 2.52. The van der Waals surface area contributed by atoms with Crippen LogP contribution in [0, 0.1) is 0 Å². The van der Waals surface area contributed by atoms with Gasteiger partial charge in [0.1, 0.15) is 11.5 Å². The van der Waals surface area contributed by atoms with Crippen LogP contribution in [0.3, 0.4) is 0 Å². The fraction of sp³-hybridized carbons (Fsp3) is 0.0909. The standard InChI is InChI=1S/C22H18ClNO4/c23-17-8-6-16(7-9-17)14-22(26)27-15-21(25)24-18-10-12-20(13-11-18)28-19-4-2-1-3-5-19/h1-13H,14-15H2,(H,24,25). The van der Waals surface area contributed by atoms with Crippen LogP contribution in [0.4, 0.5) is 5.69 Å². The Labute approximate surface area is 167 Å². The highest BCUT2D eigenvalue weighted by Gasteiger charge is 2.09. The molecule has 0 aliphatic rings. The Morgan fingerprint density at radius 1 is 0.821 bits per heavy atom. The van der Waals surface area contributed by atoms with E-state index >= 15 is 0 Å². The van der Waals surface area contributed by atoms with Crippen LogP contribution in [-0.2, 0) is 20.7 Å². The molecule has 3 aromatic carbocycles. The summed E-state index contributed by atoms with van der Waals surface area (Å²) in [5.74, 6) is 0.482. The van der Waals surface area contributed by atoms with Gasteiger partial charge in [-0.3, -0.25) is 9.59 Å². The van der Waals surface area contributed by atoms with E-state index in [4.69, 9.17) is 21.1 Å². The first-order chi connectivity index (χ1) is 13.6. The molecule has 0 radical (unpaired) electrons. The van der Waals surface area contributed by atoms with Crippen LogP contribution in [0.25, 0.3) is 0 Å². The van der Waals surface area contributed by atoms with Crippen molar-refractivity contribution in [2.75, 3.05) is 11.9 Å². The highest BCUT2D eigenvalue weighted by molar-refractivity contribution is 6.30. The number of rotatable bonds is 7. The predicted octanol–water partition coefficient (Wildman–Crippen LogP) is 4.86. The molecule has 6 heteroatoms. The highest BCUT2D eigenvalue weighted by Crippen LogP contribution is 2.22. The van der Waals surface area contributed by atoms with Crippen LogP contribution >= 0.6 is 11.6 Å². The van der Waals surface area contributed by atoms with Crippen molar-refractivity contribution in [2.24, 2.45) is 0 Å². The summed E-state index contributed by atoms with van der Waals surface area (Å²) >= 11 is 5.80. The van der Waals surface area contributed by atoms with Crippen molar-refractivity contribution < 1.29 is 19.1 Å². The zero-order valence-electron chi connectivity index (χ0n) is 14.9. The van der Waals surface area contributed by atoms with E-state index in [1.165, 1.54) is 0 Å². The van der Waals surface area contributed by atoms with Gasteiger partial charge in [-0.2, -0.15) is 0 Å². The minimum atomic E-state index is -0.482. The molecule has 0 heterocycles. The molecule has 5 nitrogen and oxygen atoms in total. The second kappa shape index (κ2) is 9.58. The lowest BCUT2D eigenvalue weighted by Gasteiger charge is -2.09. The molecule has 0 saturated heterocycles. The highest BCUT2D eigenvalue weighted by atomic mass is 35.5. The zero-order valence-corrected chi connectivity index (χ0v) is 15.7. The molecule has 0 aliphatic carbocycles. The van der Waals surface area contributed by atoms with E-state index in [-0.39, 0.29) is 13.0 Å². The first kappa shape index (κ1) is 19.5. The van der Waals surface area contributed by atoms with Gasteiger partial charge in [0, 0.05) is 10.7 Å². The average Bonchev–Trinajstić information content (AvgIpc) is 2.70. The third-order valence-electron chi connectivity index (χ3n) is 3.74. The van der Waals surface area contributed by atoms with E-state index in [9.17, 15) is 9.59 Å². The number of para-hydroxylation sites is 1. The normalized spacial score (nSPS) is 10.2. The molecule has 0 aromatic heterocycles. The molecule has 0 saturated carbocycles. The third-order valence-corrected chi connectivity index (χ3v) is 3.99. The van der Waals surface area contributed by atoms with Gasteiger partial charge in [0.15, 0.2) is 6.61 Å². The molecule has 1 amide bonds. The smallest absolute Gasteiger partial charge is 0.310 e. The van der Waals surface area contributed by atoms with Crippen LogP contribution in [0.15, 0.2) is 78.9 Å². The largest absolute Gasteiger partial charge is 0.457 e. The Kier molecular flexibility index (Phi) is 6.65. The van der Waals surface area contributed by atoms with Crippen LogP contribution in [0.5, 0.6) is 11.5 Å². The summed E-state index contributed by atoms with van der Waals surface area (Å²) in [6.45, 7) is -0.352. The van der Waals surface area contributed by atoms with Gasteiger partial charge in [-0.05, 0) is 54.1 Å². The Morgan fingerprint density at radius 2 is 1.46 bits per heavy atom. The molecule has 0 bridgehead atoms. The van der Waals surface area contributed by atoms with Crippen LogP contribution in [0.1, 0.15) is 5.56 Å². The summed E-state index contributed by atoms with van der Waals surface area (Å²) in [5.41, 5.74) is 1.35. The lowest BCUT2D eigenvalue weighted by molar-refractivity contribution is -0.146. The molecule has 0 spiro atoms. The molecule has 0 aliphatic heterocycles. The van der Waals surface area contributed by atoms with Crippen molar-refractivity contribution in [3.63, 3.8) is 0 Å². The topological polar surface area (TPSA) is 64.6 Å². The number of amides is 1. The monoisotopic (exact) mass is 395 g/mol. The molecular formula is C22H18ClNO4. The minimum Gasteiger partial charge on any atom is -0.457 e. The van der Waals surface area contributed by atoms with E-state index < -0.39 is 11.9 Å². The Hall–Kier alpha value is -3.31. The van der Waals surface area contributed by atoms with Gasteiger partial charge in [-0.15, -0.1) is 0 Å². The van der Waals surface area contributed by atoms with Crippen molar-refractivity contribution in [3.05, 3.63) is 89.4 Å². The van der Waals surface area contributed by atoms with E-state index in [0.717, 1.165) is 11.3 Å². The minimum absolute atomic E-state index is 0.0793. The number of carbonyl (C=O) groups is 2. The number of hydrogen-bond donors (Lipinski definition) is 1. The molecular weight excluding hydrogens is 378 g/mol. The van der Waals surface area contributed by atoms with E-state index in [1.54, 1.807) is 48.5 Å². The molecule has 1 N–H and O–H groups in total. The molecule has 0 atom stereocenters. The molecule has 0 fully saturated rings. The number of ether oxygens (including phenoxy) is 2. The van der Waals surface area contributed by atoms with Crippen molar-refractivity contribution in [1.29, 1.82) is 0 Å². The Balaban J connectivity index is 1.44. The second-order valence-corrected chi connectivity index (χ2v) is 6.39. The molecule has 142 valence electrons. The molecule has 28 heavy (non-hydrogen) atoms. The number of anilines is 1.